The summed E-state index contributed by atoms with van der Waals surface area (Å²) < 4.78 is 19.4. The molecular weight excluding hydrogens is 269 g/mol. The van der Waals surface area contributed by atoms with E-state index in [1.165, 1.54) is 6.07 Å². The molecule has 1 unspecified atom stereocenters. The molecular formula is C16H26FN3O. The van der Waals surface area contributed by atoms with Crippen molar-refractivity contribution < 1.29 is 9.13 Å². The van der Waals surface area contributed by atoms with Crippen molar-refractivity contribution in [2.75, 3.05) is 39.8 Å². The zero-order valence-corrected chi connectivity index (χ0v) is 13.2. The summed E-state index contributed by atoms with van der Waals surface area (Å²) in [4.78, 5) is 4.64. The molecule has 2 rings (SSSR count). The van der Waals surface area contributed by atoms with Gasteiger partial charge in [-0.15, -0.1) is 0 Å². The highest BCUT2D eigenvalue weighted by Crippen LogP contribution is 2.36. The number of likely N-dealkylation sites (N-methyl/N-ethyl adjacent to an activating group) is 1. The van der Waals surface area contributed by atoms with Crippen molar-refractivity contribution in [2.24, 2.45) is 5.73 Å². The fourth-order valence-corrected chi connectivity index (χ4v) is 3.04. The first-order valence-corrected chi connectivity index (χ1v) is 7.67. The zero-order valence-electron chi connectivity index (χ0n) is 13.2. The number of rotatable bonds is 7. The topological polar surface area (TPSA) is 41.7 Å². The van der Waals surface area contributed by atoms with E-state index >= 15 is 0 Å². The van der Waals surface area contributed by atoms with Gasteiger partial charge in [-0.3, -0.25) is 4.90 Å². The third-order valence-electron chi connectivity index (χ3n) is 4.42. The lowest BCUT2D eigenvalue weighted by molar-refractivity contribution is 0.179. The predicted octanol–water partition coefficient (Wildman–Crippen LogP) is 1.99. The normalized spacial score (nSPS) is 18.3. The summed E-state index contributed by atoms with van der Waals surface area (Å²) in [6.07, 6.45) is 0. The van der Waals surface area contributed by atoms with Crippen LogP contribution in [0.1, 0.15) is 31.0 Å². The maximum atomic E-state index is 14.2. The number of benzene rings is 1. The van der Waals surface area contributed by atoms with Gasteiger partial charge in [-0.1, -0.05) is 13.8 Å². The number of halogens is 1. The third kappa shape index (κ3) is 3.36. The van der Waals surface area contributed by atoms with E-state index in [-0.39, 0.29) is 11.9 Å². The molecule has 0 radical (unpaired) electrons. The first kappa shape index (κ1) is 16.2. The number of nitrogens with zero attached hydrogens (tertiary/aromatic N) is 2. The van der Waals surface area contributed by atoms with Gasteiger partial charge in [-0.25, -0.2) is 4.39 Å². The van der Waals surface area contributed by atoms with Gasteiger partial charge in [0.05, 0.1) is 7.11 Å². The minimum absolute atomic E-state index is 0.0835. The molecule has 118 valence electrons. The Balaban J connectivity index is 2.15. The van der Waals surface area contributed by atoms with Gasteiger partial charge >= 0.3 is 0 Å². The van der Waals surface area contributed by atoms with Gasteiger partial charge in [0.2, 0.25) is 0 Å². The molecule has 4 nitrogen and oxygen atoms in total. The van der Waals surface area contributed by atoms with Crippen LogP contribution in [0.2, 0.25) is 0 Å². The van der Waals surface area contributed by atoms with E-state index in [4.69, 9.17) is 10.5 Å². The average Bonchev–Trinajstić information content (AvgIpc) is 2.86. The minimum atomic E-state index is -0.187. The number of hydrogen-bond donors (Lipinski definition) is 1. The summed E-state index contributed by atoms with van der Waals surface area (Å²) in [6, 6.07) is 3.47. The van der Waals surface area contributed by atoms with Gasteiger partial charge in [-0.05, 0) is 24.7 Å². The second kappa shape index (κ2) is 7.20. The van der Waals surface area contributed by atoms with E-state index in [0.717, 1.165) is 37.3 Å². The quantitative estimate of drug-likeness (QED) is 0.835. The maximum absolute atomic E-state index is 14.2. The first-order valence-electron chi connectivity index (χ1n) is 7.67. The molecule has 1 aliphatic rings. The van der Waals surface area contributed by atoms with Crippen LogP contribution in [-0.4, -0.2) is 49.6 Å². The molecule has 0 spiro atoms. The molecule has 0 amide bonds. The fraction of sp³-hybridized carbons (Fsp3) is 0.625. The SMILES string of the molecule is CCN(CC)CCN1Cc2c(F)cc(OC)cc2C1CN. The van der Waals surface area contributed by atoms with Gasteiger partial charge in [0.25, 0.3) is 0 Å². The van der Waals surface area contributed by atoms with Crippen molar-refractivity contribution in [1.29, 1.82) is 0 Å². The Kier molecular flexibility index (Phi) is 5.56. The Morgan fingerprint density at radius 3 is 2.67 bits per heavy atom. The largest absolute Gasteiger partial charge is 0.497 e. The van der Waals surface area contributed by atoms with Gasteiger partial charge in [0, 0.05) is 43.9 Å². The number of ether oxygens (including phenoxy) is 1. The Hall–Kier alpha value is -1.17. The number of fused-ring (bicyclic) bond motifs is 1. The molecule has 0 saturated carbocycles. The van der Waals surface area contributed by atoms with Crippen LogP contribution in [0.15, 0.2) is 12.1 Å². The Morgan fingerprint density at radius 2 is 2.10 bits per heavy atom. The summed E-state index contributed by atoms with van der Waals surface area (Å²) in [7, 11) is 1.56. The van der Waals surface area contributed by atoms with Crippen LogP contribution in [0.25, 0.3) is 0 Å². The fourth-order valence-electron chi connectivity index (χ4n) is 3.04. The van der Waals surface area contributed by atoms with E-state index in [0.29, 0.717) is 18.8 Å². The third-order valence-corrected chi connectivity index (χ3v) is 4.42. The van der Waals surface area contributed by atoms with Crippen molar-refractivity contribution in [3.05, 3.63) is 29.1 Å². The Bertz CT molecular complexity index is 477. The lowest BCUT2D eigenvalue weighted by Crippen LogP contribution is -2.36. The van der Waals surface area contributed by atoms with Crippen molar-refractivity contribution >= 4 is 0 Å². The van der Waals surface area contributed by atoms with Gasteiger partial charge in [-0.2, -0.15) is 0 Å². The predicted molar refractivity (Wildman–Crippen MR) is 82.9 cm³/mol. The van der Waals surface area contributed by atoms with Crippen LogP contribution in [-0.2, 0) is 6.54 Å². The lowest BCUT2D eigenvalue weighted by atomic mass is 10.0. The van der Waals surface area contributed by atoms with Crippen LogP contribution in [0.3, 0.4) is 0 Å². The molecule has 2 N–H and O–H groups in total. The van der Waals surface area contributed by atoms with E-state index in [2.05, 4.69) is 23.6 Å². The molecule has 5 heteroatoms. The van der Waals surface area contributed by atoms with Crippen molar-refractivity contribution in [1.82, 2.24) is 9.80 Å². The average molecular weight is 295 g/mol. The van der Waals surface area contributed by atoms with Gasteiger partial charge in [0.1, 0.15) is 11.6 Å². The first-order chi connectivity index (χ1) is 10.1. The molecule has 0 saturated heterocycles. The van der Waals surface area contributed by atoms with Crippen LogP contribution in [0.5, 0.6) is 5.75 Å². The number of methoxy groups -OCH3 is 1. The molecule has 0 aromatic heterocycles. The van der Waals surface area contributed by atoms with Crippen molar-refractivity contribution in [3.63, 3.8) is 0 Å². The number of hydrogen-bond acceptors (Lipinski definition) is 4. The van der Waals surface area contributed by atoms with E-state index in [1.807, 2.05) is 6.07 Å². The second-order valence-corrected chi connectivity index (χ2v) is 5.43. The van der Waals surface area contributed by atoms with Crippen LogP contribution in [0.4, 0.5) is 4.39 Å². The van der Waals surface area contributed by atoms with Crippen LogP contribution in [0, 0.1) is 5.82 Å². The van der Waals surface area contributed by atoms with Crippen molar-refractivity contribution in [3.8, 4) is 5.75 Å². The summed E-state index contributed by atoms with van der Waals surface area (Å²) in [5.74, 6) is 0.378. The van der Waals surface area contributed by atoms with E-state index in [1.54, 1.807) is 7.11 Å². The number of nitrogens with two attached hydrogens (primary N) is 1. The molecule has 1 aromatic carbocycles. The minimum Gasteiger partial charge on any atom is -0.497 e. The Morgan fingerprint density at radius 1 is 1.38 bits per heavy atom. The summed E-state index contributed by atoms with van der Waals surface area (Å²) in [5, 5.41) is 0. The molecule has 0 fully saturated rings. The summed E-state index contributed by atoms with van der Waals surface area (Å²) in [5.41, 5.74) is 7.68. The van der Waals surface area contributed by atoms with Crippen molar-refractivity contribution in [2.45, 2.75) is 26.4 Å². The molecule has 1 aromatic rings. The van der Waals surface area contributed by atoms with Gasteiger partial charge < -0.3 is 15.4 Å². The molecule has 1 atom stereocenters. The summed E-state index contributed by atoms with van der Waals surface area (Å²) in [6.45, 7) is 9.41. The van der Waals surface area contributed by atoms with E-state index < -0.39 is 0 Å². The smallest absolute Gasteiger partial charge is 0.131 e. The summed E-state index contributed by atoms with van der Waals surface area (Å²) >= 11 is 0. The monoisotopic (exact) mass is 295 g/mol. The van der Waals surface area contributed by atoms with Gasteiger partial charge in [0.15, 0.2) is 0 Å². The molecule has 0 aliphatic carbocycles. The highest BCUT2D eigenvalue weighted by atomic mass is 19.1. The molecule has 1 aliphatic heterocycles. The Labute approximate surface area is 126 Å². The highest BCUT2D eigenvalue weighted by molar-refractivity contribution is 5.42. The van der Waals surface area contributed by atoms with Crippen LogP contribution < -0.4 is 10.5 Å². The van der Waals surface area contributed by atoms with Crippen LogP contribution >= 0.6 is 0 Å². The maximum Gasteiger partial charge on any atom is 0.131 e. The zero-order chi connectivity index (χ0) is 15.4. The standard InChI is InChI=1S/C16H26FN3O/c1-4-19(5-2)6-7-20-11-14-13(16(20)10-18)8-12(21-3)9-15(14)17/h8-9,16H,4-7,10-11,18H2,1-3H3. The lowest BCUT2D eigenvalue weighted by Gasteiger charge is -2.27. The molecule has 21 heavy (non-hydrogen) atoms. The second-order valence-electron chi connectivity index (χ2n) is 5.43. The highest BCUT2D eigenvalue weighted by Gasteiger charge is 2.31. The van der Waals surface area contributed by atoms with E-state index in [9.17, 15) is 4.39 Å². The molecule has 1 heterocycles. The molecule has 0 bridgehead atoms.